The van der Waals surface area contributed by atoms with Gasteiger partial charge in [-0.15, -0.1) is 0 Å². The first-order chi connectivity index (χ1) is 11.4. The lowest BCUT2D eigenvalue weighted by atomic mass is 9.97. The Morgan fingerprint density at radius 2 is 2.00 bits per heavy atom. The second-order valence-corrected chi connectivity index (χ2v) is 6.00. The van der Waals surface area contributed by atoms with Crippen molar-refractivity contribution in [2.45, 2.75) is 12.8 Å². The molecule has 0 bridgehead atoms. The van der Waals surface area contributed by atoms with Crippen LogP contribution in [-0.2, 0) is 9.59 Å². The van der Waals surface area contributed by atoms with E-state index in [4.69, 9.17) is 9.84 Å². The van der Waals surface area contributed by atoms with Crippen molar-refractivity contribution in [3.8, 4) is 5.75 Å². The second kappa shape index (κ2) is 7.81. The van der Waals surface area contributed by atoms with Gasteiger partial charge >= 0.3 is 5.97 Å². The van der Waals surface area contributed by atoms with Crippen molar-refractivity contribution in [1.82, 2.24) is 9.80 Å². The molecule has 1 fully saturated rings. The zero-order chi connectivity index (χ0) is 17.7. The first-order valence-electron chi connectivity index (χ1n) is 7.84. The average molecular weight is 334 g/mol. The largest absolute Gasteiger partial charge is 0.483 e. The molecule has 0 radical (unpaired) electrons. The van der Waals surface area contributed by atoms with Crippen LogP contribution in [0.3, 0.4) is 0 Å². The molecule has 24 heavy (non-hydrogen) atoms. The fraction of sp³-hybridized carbons (Fsp3) is 0.471. The molecule has 1 saturated heterocycles. The minimum atomic E-state index is -0.881. The fourth-order valence-corrected chi connectivity index (χ4v) is 2.57. The number of ether oxygens (including phenoxy) is 1. The number of amides is 2. The van der Waals surface area contributed by atoms with E-state index in [9.17, 15) is 14.4 Å². The van der Waals surface area contributed by atoms with Gasteiger partial charge in [-0.25, -0.2) is 0 Å². The molecule has 130 valence electrons. The Labute approximate surface area is 140 Å². The zero-order valence-corrected chi connectivity index (χ0v) is 13.9. The molecule has 1 aromatic rings. The van der Waals surface area contributed by atoms with Crippen LogP contribution in [0.5, 0.6) is 5.75 Å². The number of nitrogens with zero attached hydrogens (tertiary/aromatic N) is 2. The number of piperidine rings is 1. The van der Waals surface area contributed by atoms with E-state index in [1.54, 1.807) is 38.4 Å². The van der Waals surface area contributed by atoms with Gasteiger partial charge < -0.3 is 19.6 Å². The van der Waals surface area contributed by atoms with Crippen LogP contribution in [0.15, 0.2) is 24.3 Å². The van der Waals surface area contributed by atoms with Crippen LogP contribution in [0.1, 0.15) is 23.2 Å². The van der Waals surface area contributed by atoms with Gasteiger partial charge in [0, 0.05) is 27.2 Å². The van der Waals surface area contributed by atoms with E-state index in [0.717, 1.165) is 0 Å². The van der Waals surface area contributed by atoms with Crippen molar-refractivity contribution in [2.24, 2.45) is 5.92 Å². The highest BCUT2D eigenvalue weighted by atomic mass is 16.5. The number of carbonyl (C=O) groups is 3. The third-order valence-electron chi connectivity index (χ3n) is 4.03. The molecule has 1 heterocycles. The number of para-hydroxylation sites is 1. The van der Waals surface area contributed by atoms with Gasteiger partial charge in [-0.05, 0) is 25.0 Å². The minimum Gasteiger partial charge on any atom is -0.483 e. The second-order valence-electron chi connectivity index (χ2n) is 6.00. The normalized spacial score (nSPS) is 17.2. The monoisotopic (exact) mass is 334 g/mol. The van der Waals surface area contributed by atoms with E-state index in [1.807, 2.05) is 0 Å². The van der Waals surface area contributed by atoms with Gasteiger partial charge in [-0.1, -0.05) is 12.1 Å². The first-order valence-corrected chi connectivity index (χ1v) is 7.84. The van der Waals surface area contributed by atoms with Crippen LogP contribution in [0.2, 0.25) is 0 Å². The average Bonchev–Trinajstić information content (AvgIpc) is 2.59. The van der Waals surface area contributed by atoms with Crippen molar-refractivity contribution in [3.63, 3.8) is 0 Å². The summed E-state index contributed by atoms with van der Waals surface area (Å²) in [5, 5.41) is 9.16. The molecule has 7 nitrogen and oxygen atoms in total. The van der Waals surface area contributed by atoms with Crippen LogP contribution in [0.25, 0.3) is 0 Å². The van der Waals surface area contributed by atoms with Crippen LogP contribution in [0, 0.1) is 5.92 Å². The van der Waals surface area contributed by atoms with Crippen molar-refractivity contribution >= 4 is 17.8 Å². The molecule has 0 spiro atoms. The van der Waals surface area contributed by atoms with Gasteiger partial charge in [0.2, 0.25) is 0 Å². The highest BCUT2D eigenvalue weighted by Crippen LogP contribution is 2.24. The van der Waals surface area contributed by atoms with Crippen LogP contribution in [0.4, 0.5) is 0 Å². The summed E-state index contributed by atoms with van der Waals surface area (Å²) < 4.78 is 5.49. The molecule has 2 rings (SSSR count). The van der Waals surface area contributed by atoms with Gasteiger partial charge in [0.15, 0.2) is 6.61 Å². The van der Waals surface area contributed by atoms with Crippen LogP contribution >= 0.6 is 0 Å². The number of benzene rings is 1. The van der Waals surface area contributed by atoms with Gasteiger partial charge in [0.05, 0.1) is 11.5 Å². The van der Waals surface area contributed by atoms with Gasteiger partial charge in [0.1, 0.15) is 5.75 Å². The Bertz CT molecular complexity index is 629. The van der Waals surface area contributed by atoms with Crippen molar-refractivity contribution in [2.75, 3.05) is 33.8 Å². The summed E-state index contributed by atoms with van der Waals surface area (Å²) in [5.74, 6) is -1.56. The van der Waals surface area contributed by atoms with Gasteiger partial charge in [-0.2, -0.15) is 0 Å². The lowest BCUT2D eigenvalue weighted by Gasteiger charge is -2.31. The Morgan fingerprint density at radius 1 is 1.29 bits per heavy atom. The summed E-state index contributed by atoms with van der Waals surface area (Å²) in [6.07, 6.45) is 1.24. The summed E-state index contributed by atoms with van der Waals surface area (Å²) in [7, 11) is 3.26. The maximum Gasteiger partial charge on any atom is 0.308 e. The third kappa shape index (κ3) is 4.24. The Morgan fingerprint density at radius 3 is 2.67 bits per heavy atom. The van der Waals surface area contributed by atoms with Crippen molar-refractivity contribution in [3.05, 3.63) is 29.8 Å². The molecule has 1 aromatic carbocycles. The molecule has 1 unspecified atom stereocenters. The van der Waals surface area contributed by atoms with E-state index in [1.165, 1.54) is 9.80 Å². The van der Waals surface area contributed by atoms with E-state index < -0.39 is 11.9 Å². The number of likely N-dealkylation sites (N-methyl/N-ethyl adjacent to an activating group) is 1. The first kappa shape index (κ1) is 17.8. The third-order valence-corrected chi connectivity index (χ3v) is 4.03. The molecule has 1 aliphatic heterocycles. The number of rotatable bonds is 5. The van der Waals surface area contributed by atoms with Crippen LogP contribution in [-0.4, -0.2) is 66.5 Å². The molecule has 2 amide bonds. The highest BCUT2D eigenvalue weighted by Gasteiger charge is 2.29. The molecule has 1 N–H and O–H groups in total. The Kier molecular flexibility index (Phi) is 5.78. The maximum atomic E-state index is 12.7. The molecule has 1 atom stereocenters. The number of carboxylic acids is 1. The molecular formula is C17H22N2O5. The van der Waals surface area contributed by atoms with Crippen molar-refractivity contribution in [1.29, 1.82) is 0 Å². The lowest BCUT2D eigenvalue weighted by Crippen LogP contribution is -2.42. The van der Waals surface area contributed by atoms with E-state index >= 15 is 0 Å². The van der Waals surface area contributed by atoms with E-state index in [-0.39, 0.29) is 25.0 Å². The summed E-state index contributed by atoms with van der Waals surface area (Å²) in [6, 6.07) is 6.70. The Hall–Kier alpha value is -2.57. The maximum absolute atomic E-state index is 12.7. The summed E-state index contributed by atoms with van der Waals surface area (Å²) in [5.41, 5.74) is 0.343. The predicted octanol–water partition coefficient (Wildman–Crippen LogP) is 1.09. The summed E-state index contributed by atoms with van der Waals surface area (Å²) in [4.78, 5) is 38.5. The standard InChI is InChI=1S/C17H22N2O5/c1-18(2)15(20)11-24-14-8-4-3-7-13(14)16(21)19-9-5-6-12(10-19)17(22)23/h3-4,7-8,12H,5-6,9-11H2,1-2H3,(H,22,23). The lowest BCUT2D eigenvalue weighted by molar-refractivity contribution is -0.143. The summed E-state index contributed by atoms with van der Waals surface area (Å²) >= 11 is 0. The predicted molar refractivity (Wildman–Crippen MR) is 86.9 cm³/mol. The van der Waals surface area contributed by atoms with Crippen molar-refractivity contribution < 1.29 is 24.2 Å². The molecule has 0 aromatic heterocycles. The summed E-state index contributed by atoms with van der Waals surface area (Å²) in [6.45, 7) is 0.557. The van der Waals surface area contributed by atoms with E-state index in [0.29, 0.717) is 30.7 Å². The quantitative estimate of drug-likeness (QED) is 0.871. The smallest absolute Gasteiger partial charge is 0.308 e. The number of hydrogen-bond acceptors (Lipinski definition) is 4. The highest BCUT2D eigenvalue weighted by molar-refractivity contribution is 5.97. The Balaban J connectivity index is 2.11. The topological polar surface area (TPSA) is 87.2 Å². The van der Waals surface area contributed by atoms with Gasteiger partial charge in [-0.3, -0.25) is 14.4 Å². The number of carbonyl (C=O) groups excluding carboxylic acids is 2. The zero-order valence-electron chi connectivity index (χ0n) is 13.9. The molecule has 0 saturated carbocycles. The molecule has 1 aliphatic rings. The molecule has 7 heteroatoms. The molecule has 0 aliphatic carbocycles. The van der Waals surface area contributed by atoms with Gasteiger partial charge in [0.25, 0.3) is 11.8 Å². The fourth-order valence-electron chi connectivity index (χ4n) is 2.57. The number of hydrogen-bond donors (Lipinski definition) is 1. The van der Waals surface area contributed by atoms with Crippen LogP contribution < -0.4 is 4.74 Å². The minimum absolute atomic E-state index is 0.158. The molecular weight excluding hydrogens is 312 g/mol. The SMILES string of the molecule is CN(C)C(=O)COc1ccccc1C(=O)N1CCCC(C(=O)O)C1. The number of likely N-dealkylation sites (tertiary alicyclic amines) is 1. The number of carboxylic acid groups (broad SMARTS) is 1. The number of aliphatic carboxylic acids is 1. The van der Waals surface area contributed by atoms with E-state index in [2.05, 4.69) is 0 Å².